The lowest BCUT2D eigenvalue weighted by Gasteiger charge is -2.33. The van der Waals surface area contributed by atoms with E-state index in [9.17, 15) is 8.42 Å². The van der Waals surface area contributed by atoms with Crippen LogP contribution in [0.25, 0.3) is 0 Å². The normalized spacial score (nSPS) is 28.4. The van der Waals surface area contributed by atoms with E-state index in [1.165, 1.54) is 38.6 Å². The number of piperidine rings is 1. The van der Waals surface area contributed by atoms with E-state index in [2.05, 4.69) is 17.1 Å². The summed E-state index contributed by atoms with van der Waals surface area (Å²) in [6.45, 7) is 7.14. The van der Waals surface area contributed by atoms with Gasteiger partial charge in [-0.3, -0.25) is 0 Å². The summed E-state index contributed by atoms with van der Waals surface area (Å²) in [6, 6.07) is 1.10. The van der Waals surface area contributed by atoms with Gasteiger partial charge in [-0.1, -0.05) is 6.92 Å². The van der Waals surface area contributed by atoms with Crippen LogP contribution in [0.5, 0.6) is 0 Å². The highest BCUT2D eigenvalue weighted by atomic mass is 32.2. The Morgan fingerprint density at radius 3 is 2.20 bits per heavy atom. The van der Waals surface area contributed by atoms with E-state index < -0.39 is 10.0 Å². The molecule has 0 radical (unpaired) electrons. The largest absolute Gasteiger partial charge is 0.311 e. The number of sulfonamides is 1. The zero-order valence-corrected chi connectivity index (χ0v) is 13.7. The first-order valence-corrected chi connectivity index (χ1v) is 9.77. The standard InChI is InChI=1S/C14H29N3O2S/c1-3-16-9-4-5-13(6-10-16)15-14-7-11-17(12-8-14)20(2,18)19/h13-15H,3-12H2,1-2H3. The molecule has 0 aliphatic carbocycles. The highest BCUT2D eigenvalue weighted by Crippen LogP contribution is 2.17. The Kier molecular flexibility index (Phi) is 5.84. The van der Waals surface area contributed by atoms with Gasteiger partial charge in [0.25, 0.3) is 0 Å². The van der Waals surface area contributed by atoms with Crippen molar-refractivity contribution >= 4 is 10.0 Å². The van der Waals surface area contributed by atoms with Crippen LogP contribution in [-0.2, 0) is 10.0 Å². The zero-order valence-electron chi connectivity index (χ0n) is 12.8. The molecular formula is C14H29N3O2S. The lowest BCUT2D eigenvalue weighted by molar-refractivity contribution is 0.262. The molecule has 1 unspecified atom stereocenters. The molecule has 5 nitrogen and oxygen atoms in total. The first-order chi connectivity index (χ1) is 9.49. The first-order valence-electron chi connectivity index (χ1n) is 7.92. The average molecular weight is 303 g/mol. The van der Waals surface area contributed by atoms with Crippen LogP contribution in [0, 0.1) is 0 Å². The Bertz CT molecular complexity index is 391. The molecule has 2 aliphatic rings. The van der Waals surface area contributed by atoms with E-state index >= 15 is 0 Å². The Balaban J connectivity index is 1.75. The molecule has 0 bridgehead atoms. The second-order valence-corrected chi connectivity index (χ2v) is 8.15. The molecule has 2 rings (SSSR count). The monoisotopic (exact) mass is 303 g/mol. The van der Waals surface area contributed by atoms with E-state index in [-0.39, 0.29) is 0 Å². The van der Waals surface area contributed by atoms with Crippen LogP contribution in [0.2, 0.25) is 0 Å². The van der Waals surface area contributed by atoms with E-state index in [1.807, 2.05) is 0 Å². The Morgan fingerprint density at radius 2 is 1.60 bits per heavy atom. The van der Waals surface area contributed by atoms with Gasteiger partial charge in [-0.2, -0.15) is 0 Å². The molecule has 2 heterocycles. The van der Waals surface area contributed by atoms with Gasteiger partial charge < -0.3 is 10.2 Å². The van der Waals surface area contributed by atoms with Gasteiger partial charge in [0.15, 0.2) is 0 Å². The number of likely N-dealkylation sites (tertiary alicyclic amines) is 1. The van der Waals surface area contributed by atoms with Crippen LogP contribution in [-0.4, -0.2) is 68.7 Å². The number of hydrogen-bond acceptors (Lipinski definition) is 4. The minimum Gasteiger partial charge on any atom is -0.311 e. The highest BCUT2D eigenvalue weighted by molar-refractivity contribution is 7.88. The maximum Gasteiger partial charge on any atom is 0.211 e. The van der Waals surface area contributed by atoms with Crippen molar-refractivity contribution in [3.8, 4) is 0 Å². The summed E-state index contributed by atoms with van der Waals surface area (Å²) >= 11 is 0. The fraction of sp³-hybridized carbons (Fsp3) is 1.00. The van der Waals surface area contributed by atoms with Crippen LogP contribution in [0.15, 0.2) is 0 Å². The highest BCUT2D eigenvalue weighted by Gasteiger charge is 2.26. The predicted molar refractivity (Wildman–Crippen MR) is 82.3 cm³/mol. The smallest absolute Gasteiger partial charge is 0.211 e. The van der Waals surface area contributed by atoms with Gasteiger partial charge in [-0.05, 0) is 51.7 Å². The van der Waals surface area contributed by atoms with Gasteiger partial charge in [0.2, 0.25) is 10.0 Å². The van der Waals surface area contributed by atoms with Gasteiger partial charge in [0, 0.05) is 25.2 Å². The van der Waals surface area contributed by atoms with Crippen molar-refractivity contribution in [2.24, 2.45) is 0 Å². The fourth-order valence-corrected chi connectivity index (χ4v) is 4.20. The molecule has 20 heavy (non-hydrogen) atoms. The summed E-state index contributed by atoms with van der Waals surface area (Å²) < 4.78 is 24.6. The zero-order chi connectivity index (χ0) is 14.6. The third-order valence-electron chi connectivity index (χ3n) is 4.66. The van der Waals surface area contributed by atoms with Crippen LogP contribution in [0.1, 0.15) is 39.0 Å². The Morgan fingerprint density at radius 1 is 1.00 bits per heavy atom. The fourth-order valence-electron chi connectivity index (χ4n) is 3.33. The third kappa shape index (κ3) is 4.69. The molecule has 0 spiro atoms. The van der Waals surface area contributed by atoms with E-state index in [0.717, 1.165) is 19.4 Å². The van der Waals surface area contributed by atoms with Gasteiger partial charge >= 0.3 is 0 Å². The molecule has 0 aromatic rings. The van der Waals surface area contributed by atoms with E-state index in [4.69, 9.17) is 0 Å². The van der Waals surface area contributed by atoms with Crippen LogP contribution in [0.3, 0.4) is 0 Å². The maximum absolute atomic E-state index is 11.5. The minimum absolute atomic E-state index is 0.492. The Hall–Kier alpha value is -0.170. The number of nitrogens with one attached hydrogen (secondary N) is 1. The summed E-state index contributed by atoms with van der Waals surface area (Å²) in [5.74, 6) is 0. The van der Waals surface area contributed by atoms with Crippen molar-refractivity contribution in [2.75, 3.05) is 39.0 Å². The molecule has 2 aliphatic heterocycles. The summed E-state index contributed by atoms with van der Waals surface area (Å²) in [6.07, 6.45) is 6.95. The molecule has 0 saturated carbocycles. The maximum atomic E-state index is 11.5. The lowest BCUT2D eigenvalue weighted by Crippen LogP contribution is -2.47. The van der Waals surface area contributed by atoms with Crippen LogP contribution >= 0.6 is 0 Å². The molecule has 0 aromatic heterocycles. The van der Waals surface area contributed by atoms with Crippen molar-refractivity contribution in [1.82, 2.24) is 14.5 Å². The molecule has 1 atom stereocenters. The Labute approximate surface area is 123 Å². The van der Waals surface area contributed by atoms with Gasteiger partial charge in [0.05, 0.1) is 6.26 Å². The average Bonchev–Trinajstić information content (AvgIpc) is 2.63. The van der Waals surface area contributed by atoms with E-state index in [1.54, 1.807) is 4.31 Å². The molecule has 2 saturated heterocycles. The SMILES string of the molecule is CCN1CCCC(NC2CCN(S(C)(=O)=O)CC2)CC1. The molecule has 6 heteroatoms. The summed E-state index contributed by atoms with van der Waals surface area (Å²) in [5, 5.41) is 3.77. The van der Waals surface area contributed by atoms with Crippen LogP contribution in [0.4, 0.5) is 0 Å². The summed E-state index contributed by atoms with van der Waals surface area (Å²) in [5.41, 5.74) is 0. The summed E-state index contributed by atoms with van der Waals surface area (Å²) in [7, 11) is -3.00. The predicted octanol–water partition coefficient (Wildman–Crippen LogP) is 0.874. The molecule has 118 valence electrons. The van der Waals surface area contributed by atoms with Gasteiger partial charge in [0.1, 0.15) is 0 Å². The third-order valence-corrected chi connectivity index (χ3v) is 5.97. The molecule has 1 N–H and O–H groups in total. The number of nitrogens with zero attached hydrogens (tertiary/aromatic N) is 2. The first kappa shape index (κ1) is 16.2. The van der Waals surface area contributed by atoms with Crippen molar-refractivity contribution in [1.29, 1.82) is 0 Å². The number of rotatable bonds is 4. The number of hydrogen-bond donors (Lipinski definition) is 1. The molecule has 2 fully saturated rings. The van der Waals surface area contributed by atoms with E-state index in [0.29, 0.717) is 25.2 Å². The van der Waals surface area contributed by atoms with Crippen molar-refractivity contribution in [2.45, 2.75) is 51.1 Å². The molecule has 0 aromatic carbocycles. The molecular weight excluding hydrogens is 274 g/mol. The van der Waals surface area contributed by atoms with Crippen LogP contribution < -0.4 is 5.32 Å². The van der Waals surface area contributed by atoms with Gasteiger partial charge in [-0.15, -0.1) is 0 Å². The topological polar surface area (TPSA) is 52.6 Å². The summed E-state index contributed by atoms with van der Waals surface area (Å²) in [4.78, 5) is 2.52. The molecule has 0 amide bonds. The minimum atomic E-state index is -3.00. The second kappa shape index (κ2) is 7.20. The van der Waals surface area contributed by atoms with Crippen molar-refractivity contribution in [3.05, 3.63) is 0 Å². The lowest BCUT2D eigenvalue weighted by atomic mass is 10.0. The second-order valence-electron chi connectivity index (χ2n) is 6.17. The van der Waals surface area contributed by atoms with Crippen molar-refractivity contribution in [3.63, 3.8) is 0 Å². The van der Waals surface area contributed by atoms with Crippen molar-refractivity contribution < 1.29 is 8.42 Å². The quantitative estimate of drug-likeness (QED) is 0.837. The van der Waals surface area contributed by atoms with Gasteiger partial charge in [-0.25, -0.2) is 12.7 Å².